The second-order valence-electron chi connectivity index (χ2n) is 5.73. The van der Waals surface area contributed by atoms with Gasteiger partial charge in [0.1, 0.15) is 0 Å². The van der Waals surface area contributed by atoms with Gasteiger partial charge in [-0.1, -0.05) is 17.7 Å². The van der Waals surface area contributed by atoms with Gasteiger partial charge in [0.05, 0.1) is 4.90 Å². The van der Waals surface area contributed by atoms with Crippen molar-refractivity contribution in [3.63, 3.8) is 0 Å². The van der Waals surface area contributed by atoms with E-state index in [1.54, 1.807) is 22.5 Å². The Balaban J connectivity index is 2.29. The number of nitrogens with zero attached hydrogens (tertiary/aromatic N) is 1. The smallest absolute Gasteiger partial charge is 0.243 e. The molecule has 2 rings (SSSR count). The Morgan fingerprint density at radius 1 is 1.43 bits per heavy atom. The number of thioether (sulfide) groups is 1. The number of hydrogen-bond donors (Lipinski definition) is 1. The number of hydrogen-bond acceptors (Lipinski definition) is 4. The minimum Gasteiger partial charge on any atom is -0.316 e. The predicted octanol–water partition coefficient (Wildman–Crippen LogP) is 2.58. The van der Waals surface area contributed by atoms with Crippen molar-refractivity contribution < 1.29 is 8.42 Å². The van der Waals surface area contributed by atoms with Crippen LogP contribution in [-0.2, 0) is 16.6 Å². The van der Waals surface area contributed by atoms with E-state index in [0.717, 1.165) is 11.3 Å². The molecule has 0 saturated carbocycles. The maximum Gasteiger partial charge on any atom is 0.243 e. The first-order valence-electron chi connectivity index (χ1n) is 6.83. The highest BCUT2D eigenvalue weighted by Crippen LogP contribution is 2.33. The van der Waals surface area contributed by atoms with E-state index in [4.69, 9.17) is 11.6 Å². The lowest BCUT2D eigenvalue weighted by Gasteiger charge is -2.36. The number of sulfonamides is 1. The predicted molar refractivity (Wildman–Crippen MR) is 89.5 cm³/mol. The molecule has 0 aromatic heterocycles. The highest BCUT2D eigenvalue weighted by atomic mass is 35.5. The molecule has 4 nitrogen and oxygen atoms in total. The van der Waals surface area contributed by atoms with Gasteiger partial charge in [-0.25, -0.2) is 8.42 Å². The van der Waals surface area contributed by atoms with Crippen LogP contribution in [0.25, 0.3) is 0 Å². The second kappa shape index (κ2) is 6.46. The molecule has 0 amide bonds. The molecular weight excluding hydrogens is 328 g/mol. The Morgan fingerprint density at radius 3 is 2.71 bits per heavy atom. The zero-order valence-corrected chi connectivity index (χ0v) is 14.9. The van der Waals surface area contributed by atoms with Gasteiger partial charge in [0.15, 0.2) is 0 Å². The number of benzene rings is 1. The van der Waals surface area contributed by atoms with Crippen molar-refractivity contribution in [2.45, 2.75) is 30.0 Å². The topological polar surface area (TPSA) is 49.4 Å². The molecule has 1 heterocycles. The highest BCUT2D eigenvalue weighted by molar-refractivity contribution is 8.00. The van der Waals surface area contributed by atoms with Crippen LogP contribution in [0.2, 0.25) is 5.02 Å². The lowest BCUT2D eigenvalue weighted by molar-refractivity contribution is 0.387. The van der Waals surface area contributed by atoms with Gasteiger partial charge in [-0.2, -0.15) is 16.1 Å². The van der Waals surface area contributed by atoms with E-state index in [9.17, 15) is 8.42 Å². The maximum atomic E-state index is 12.7. The molecule has 0 spiro atoms. The molecule has 0 radical (unpaired) electrons. The van der Waals surface area contributed by atoms with Crippen LogP contribution in [0.3, 0.4) is 0 Å². The average molecular weight is 349 g/mol. The molecule has 1 saturated heterocycles. The zero-order chi connectivity index (χ0) is 15.7. The van der Waals surface area contributed by atoms with E-state index < -0.39 is 10.0 Å². The van der Waals surface area contributed by atoms with Crippen molar-refractivity contribution >= 4 is 33.4 Å². The molecule has 118 valence electrons. The Labute approximate surface area is 136 Å². The van der Waals surface area contributed by atoms with Crippen molar-refractivity contribution in [3.8, 4) is 0 Å². The Kier molecular flexibility index (Phi) is 5.26. The summed E-state index contributed by atoms with van der Waals surface area (Å²) in [5.74, 6) is 0.817. The fourth-order valence-corrected chi connectivity index (χ4v) is 5.60. The van der Waals surface area contributed by atoms with Crippen LogP contribution >= 0.6 is 23.4 Å². The summed E-state index contributed by atoms with van der Waals surface area (Å²) in [6.45, 7) is 5.83. The third-order valence-corrected chi connectivity index (χ3v) is 6.91. The summed E-state index contributed by atoms with van der Waals surface area (Å²) < 4.78 is 27.0. The van der Waals surface area contributed by atoms with E-state index in [0.29, 0.717) is 24.7 Å². The molecule has 1 aromatic rings. The third kappa shape index (κ3) is 3.93. The largest absolute Gasteiger partial charge is 0.316 e. The minimum atomic E-state index is -3.47. The second-order valence-corrected chi connectivity index (χ2v) is 9.88. The van der Waals surface area contributed by atoms with Crippen molar-refractivity contribution in [3.05, 3.63) is 28.8 Å². The Morgan fingerprint density at radius 2 is 2.14 bits per heavy atom. The molecular formula is C14H21ClN2O2S2. The molecule has 0 bridgehead atoms. The van der Waals surface area contributed by atoms with Crippen LogP contribution in [0.1, 0.15) is 19.4 Å². The summed E-state index contributed by atoms with van der Waals surface area (Å²) in [6.07, 6.45) is 0. The van der Waals surface area contributed by atoms with Crippen molar-refractivity contribution in [1.82, 2.24) is 9.62 Å². The molecule has 0 atom stereocenters. The summed E-state index contributed by atoms with van der Waals surface area (Å²) in [4.78, 5) is 0.273. The van der Waals surface area contributed by atoms with Gasteiger partial charge in [0, 0.05) is 35.2 Å². The van der Waals surface area contributed by atoms with E-state index in [1.807, 2.05) is 18.8 Å². The summed E-state index contributed by atoms with van der Waals surface area (Å²) in [5.41, 5.74) is 0.896. The van der Waals surface area contributed by atoms with Gasteiger partial charge >= 0.3 is 0 Å². The summed E-state index contributed by atoms with van der Waals surface area (Å²) in [7, 11) is -1.64. The molecule has 1 N–H and O–H groups in total. The van der Waals surface area contributed by atoms with E-state index in [-0.39, 0.29) is 9.64 Å². The Bertz CT molecular complexity index is 617. The quantitative estimate of drug-likeness (QED) is 0.908. The first-order chi connectivity index (χ1) is 9.76. The standard InChI is InChI=1S/C14H21ClN2O2S2/c1-14(2)10-17(6-7-20-14)21(18,19)12-5-4-11(9-16-3)13(15)8-12/h4-5,8,16H,6-7,9-10H2,1-3H3. The van der Waals surface area contributed by atoms with Crippen LogP contribution in [0, 0.1) is 0 Å². The van der Waals surface area contributed by atoms with Gasteiger partial charge in [-0.15, -0.1) is 0 Å². The number of halogens is 1. The molecule has 1 aliphatic rings. The Hall–Kier alpha value is -0.270. The average Bonchev–Trinajstić information content (AvgIpc) is 2.40. The normalized spacial score (nSPS) is 19.6. The fourth-order valence-electron chi connectivity index (χ4n) is 2.35. The lowest BCUT2D eigenvalue weighted by atomic mass is 10.2. The molecule has 0 aliphatic carbocycles. The summed E-state index contributed by atoms with van der Waals surface area (Å²) >= 11 is 7.99. The van der Waals surface area contributed by atoms with Gasteiger partial charge in [-0.3, -0.25) is 0 Å². The first-order valence-corrected chi connectivity index (χ1v) is 9.64. The molecule has 0 unspecified atom stereocenters. The van der Waals surface area contributed by atoms with E-state index >= 15 is 0 Å². The minimum absolute atomic E-state index is 0.0544. The third-order valence-electron chi connectivity index (χ3n) is 3.42. The van der Waals surface area contributed by atoms with Crippen LogP contribution in [-0.4, -0.2) is 43.4 Å². The molecule has 21 heavy (non-hydrogen) atoms. The van der Waals surface area contributed by atoms with Gasteiger partial charge in [0.2, 0.25) is 10.0 Å². The highest BCUT2D eigenvalue weighted by Gasteiger charge is 2.34. The first kappa shape index (κ1) is 17.1. The van der Waals surface area contributed by atoms with E-state index in [2.05, 4.69) is 19.2 Å². The molecule has 1 aliphatic heterocycles. The SMILES string of the molecule is CNCc1ccc(S(=O)(=O)N2CCSC(C)(C)C2)cc1Cl. The maximum absolute atomic E-state index is 12.7. The van der Waals surface area contributed by atoms with Gasteiger partial charge in [0.25, 0.3) is 0 Å². The van der Waals surface area contributed by atoms with Crippen molar-refractivity contribution in [2.24, 2.45) is 0 Å². The van der Waals surface area contributed by atoms with E-state index in [1.165, 1.54) is 0 Å². The number of rotatable bonds is 4. The molecule has 1 aromatic carbocycles. The zero-order valence-electron chi connectivity index (χ0n) is 12.5. The van der Waals surface area contributed by atoms with Crippen LogP contribution < -0.4 is 5.32 Å². The number of nitrogens with one attached hydrogen (secondary N) is 1. The van der Waals surface area contributed by atoms with Crippen molar-refractivity contribution in [2.75, 3.05) is 25.9 Å². The molecule has 1 fully saturated rings. The van der Waals surface area contributed by atoms with Gasteiger partial charge < -0.3 is 5.32 Å². The summed E-state index contributed by atoms with van der Waals surface area (Å²) in [5, 5.41) is 3.49. The molecule has 7 heteroatoms. The monoisotopic (exact) mass is 348 g/mol. The lowest BCUT2D eigenvalue weighted by Crippen LogP contribution is -2.46. The fraction of sp³-hybridized carbons (Fsp3) is 0.571. The van der Waals surface area contributed by atoms with Gasteiger partial charge in [-0.05, 0) is 38.6 Å². The van der Waals surface area contributed by atoms with Crippen molar-refractivity contribution in [1.29, 1.82) is 0 Å². The van der Waals surface area contributed by atoms with Crippen LogP contribution in [0.5, 0.6) is 0 Å². The summed E-state index contributed by atoms with van der Waals surface area (Å²) in [6, 6.07) is 4.97. The van der Waals surface area contributed by atoms with Crippen LogP contribution in [0.4, 0.5) is 0 Å². The van der Waals surface area contributed by atoms with Crippen LogP contribution in [0.15, 0.2) is 23.1 Å².